The summed E-state index contributed by atoms with van der Waals surface area (Å²) in [5.74, 6) is -0.727. The molecule has 2 aliphatic rings. The Labute approximate surface area is 138 Å². The minimum Gasteiger partial charge on any atom is -0.374 e. The second-order valence-electron chi connectivity index (χ2n) is 5.93. The molecule has 0 aliphatic carbocycles. The minimum absolute atomic E-state index is 0.0413. The number of rotatable bonds is 4. The van der Waals surface area contributed by atoms with Gasteiger partial charge in [-0.15, -0.1) is 0 Å². The van der Waals surface area contributed by atoms with Crippen molar-refractivity contribution in [2.45, 2.75) is 31.7 Å². The van der Waals surface area contributed by atoms with Crippen LogP contribution in [0.2, 0.25) is 0 Å². The highest BCUT2D eigenvalue weighted by Gasteiger charge is 2.27. The van der Waals surface area contributed by atoms with Gasteiger partial charge in [-0.3, -0.25) is 14.9 Å². The molecule has 1 fully saturated rings. The van der Waals surface area contributed by atoms with Crippen LogP contribution in [0.25, 0.3) is 5.57 Å². The van der Waals surface area contributed by atoms with E-state index >= 15 is 0 Å². The lowest BCUT2D eigenvalue weighted by Gasteiger charge is -2.24. The van der Waals surface area contributed by atoms with E-state index in [1.807, 2.05) is 6.08 Å². The van der Waals surface area contributed by atoms with Gasteiger partial charge in [0.15, 0.2) is 0 Å². The monoisotopic (exact) mass is 335 g/mol. The number of anilines is 1. The molecule has 24 heavy (non-hydrogen) atoms. The van der Waals surface area contributed by atoms with Crippen molar-refractivity contribution in [1.82, 2.24) is 10.6 Å². The molecule has 2 aliphatic heterocycles. The Hall–Kier alpha value is -2.28. The fourth-order valence-electron chi connectivity index (χ4n) is 3.03. The molecular formula is C17H19F2N3O2. The molecule has 0 radical (unpaired) electrons. The first-order chi connectivity index (χ1) is 11.5. The number of halogens is 2. The van der Waals surface area contributed by atoms with E-state index in [0.717, 1.165) is 12.1 Å². The van der Waals surface area contributed by atoms with Crippen LogP contribution in [0.5, 0.6) is 0 Å². The Morgan fingerprint density at radius 2 is 2.04 bits per heavy atom. The lowest BCUT2D eigenvalue weighted by molar-refractivity contribution is -0.133. The van der Waals surface area contributed by atoms with Crippen molar-refractivity contribution in [3.8, 4) is 0 Å². The zero-order chi connectivity index (χ0) is 17.1. The van der Waals surface area contributed by atoms with Crippen molar-refractivity contribution in [2.24, 2.45) is 0 Å². The number of imide groups is 1. The highest BCUT2D eigenvalue weighted by atomic mass is 19.3. The molecule has 1 atom stereocenters. The quantitative estimate of drug-likeness (QED) is 0.738. The maximum absolute atomic E-state index is 13.5. The Kier molecular flexibility index (Phi) is 4.89. The van der Waals surface area contributed by atoms with Crippen molar-refractivity contribution in [2.75, 3.05) is 18.4 Å². The molecule has 2 heterocycles. The smallest absolute Gasteiger partial charge is 0.264 e. The lowest BCUT2D eigenvalue weighted by atomic mass is 9.94. The zero-order valence-corrected chi connectivity index (χ0v) is 13.1. The van der Waals surface area contributed by atoms with Crippen molar-refractivity contribution in [3.05, 3.63) is 35.4 Å². The van der Waals surface area contributed by atoms with Crippen LogP contribution in [-0.4, -0.2) is 30.9 Å². The average molecular weight is 335 g/mol. The Morgan fingerprint density at radius 1 is 1.21 bits per heavy atom. The summed E-state index contributed by atoms with van der Waals surface area (Å²) in [6.07, 6.45) is 0.632. The number of alkyl halides is 2. The molecule has 3 rings (SSSR count). The number of hydrogen-bond acceptors (Lipinski definition) is 4. The van der Waals surface area contributed by atoms with Crippen molar-refractivity contribution >= 4 is 23.1 Å². The molecule has 0 aromatic heterocycles. The Balaban J connectivity index is 1.82. The summed E-state index contributed by atoms with van der Waals surface area (Å²) >= 11 is 0. The van der Waals surface area contributed by atoms with E-state index in [0.29, 0.717) is 30.6 Å². The summed E-state index contributed by atoms with van der Waals surface area (Å²) in [6, 6.07) is 4.19. The van der Waals surface area contributed by atoms with Gasteiger partial charge in [0.25, 0.3) is 6.43 Å². The van der Waals surface area contributed by atoms with Crippen molar-refractivity contribution < 1.29 is 18.4 Å². The molecule has 1 aromatic rings. The molecule has 1 unspecified atom stereocenters. The van der Waals surface area contributed by atoms with Crippen LogP contribution in [0.3, 0.4) is 0 Å². The minimum atomic E-state index is -2.60. The van der Waals surface area contributed by atoms with E-state index in [9.17, 15) is 18.4 Å². The third-order valence-corrected chi connectivity index (χ3v) is 4.28. The largest absolute Gasteiger partial charge is 0.374 e. The molecule has 5 nitrogen and oxygen atoms in total. The van der Waals surface area contributed by atoms with E-state index in [1.165, 1.54) is 6.07 Å². The lowest BCUT2D eigenvalue weighted by Crippen LogP contribution is -2.47. The summed E-state index contributed by atoms with van der Waals surface area (Å²) in [5.41, 5.74) is 1.88. The van der Waals surface area contributed by atoms with Crippen LogP contribution in [0.15, 0.2) is 24.3 Å². The highest BCUT2D eigenvalue weighted by molar-refractivity contribution is 6.01. The molecule has 0 saturated carbocycles. The Bertz CT molecular complexity index is 688. The number of hydrogen-bond donors (Lipinski definition) is 3. The second kappa shape index (κ2) is 7.09. The molecule has 7 heteroatoms. The van der Waals surface area contributed by atoms with Gasteiger partial charge in [0.1, 0.15) is 6.04 Å². The van der Waals surface area contributed by atoms with E-state index in [2.05, 4.69) is 16.0 Å². The predicted octanol–water partition coefficient (Wildman–Crippen LogP) is 2.22. The molecule has 1 saturated heterocycles. The fraction of sp³-hybridized carbons (Fsp3) is 0.412. The van der Waals surface area contributed by atoms with Crippen LogP contribution >= 0.6 is 0 Å². The first-order valence-corrected chi connectivity index (χ1v) is 7.97. The van der Waals surface area contributed by atoms with Gasteiger partial charge in [0.05, 0.1) is 0 Å². The van der Waals surface area contributed by atoms with E-state index < -0.39 is 18.4 Å². The van der Waals surface area contributed by atoms with Crippen LogP contribution in [0, 0.1) is 0 Å². The summed E-state index contributed by atoms with van der Waals surface area (Å²) in [4.78, 5) is 22.9. The van der Waals surface area contributed by atoms with Gasteiger partial charge in [-0.1, -0.05) is 12.1 Å². The molecule has 2 amide bonds. The fourth-order valence-corrected chi connectivity index (χ4v) is 3.03. The maximum atomic E-state index is 13.5. The van der Waals surface area contributed by atoms with Gasteiger partial charge in [-0.05, 0) is 42.7 Å². The van der Waals surface area contributed by atoms with Gasteiger partial charge in [-0.25, -0.2) is 8.78 Å². The SMILES string of the molecule is O=C1CCC(Nc2ccc(C3=CCNCC3)c(C(F)F)c2)C(=O)N1. The van der Waals surface area contributed by atoms with Crippen LogP contribution in [0.4, 0.5) is 14.5 Å². The van der Waals surface area contributed by atoms with Crippen molar-refractivity contribution in [1.29, 1.82) is 0 Å². The molecular weight excluding hydrogens is 316 g/mol. The third-order valence-electron chi connectivity index (χ3n) is 4.28. The number of carbonyl (C=O) groups excluding carboxylic acids is 2. The molecule has 1 aromatic carbocycles. The molecule has 0 spiro atoms. The van der Waals surface area contributed by atoms with Crippen LogP contribution < -0.4 is 16.0 Å². The number of amides is 2. The maximum Gasteiger partial charge on any atom is 0.264 e. The summed E-state index contributed by atoms with van der Waals surface area (Å²) in [7, 11) is 0. The number of benzene rings is 1. The van der Waals surface area contributed by atoms with Gasteiger partial charge in [-0.2, -0.15) is 0 Å². The summed E-state index contributed by atoms with van der Waals surface area (Å²) < 4.78 is 26.9. The molecule has 128 valence electrons. The average Bonchev–Trinajstić information content (AvgIpc) is 2.58. The van der Waals surface area contributed by atoms with Crippen molar-refractivity contribution in [3.63, 3.8) is 0 Å². The van der Waals surface area contributed by atoms with Gasteiger partial charge < -0.3 is 10.6 Å². The molecule has 0 bridgehead atoms. The normalized spacial score (nSPS) is 21.5. The zero-order valence-electron chi connectivity index (χ0n) is 13.1. The topological polar surface area (TPSA) is 70.2 Å². The van der Waals surface area contributed by atoms with Crippen LogP contribution in [0.1, 0.15) is 36.8 Å². The molecule has 3 N–H and O–H groups in total. The predicted molar refractivity (Wildman–Crippen MR) is 86.7 cm³/mol. The van der Waals surface area contributed by atoms with Crippen LogP contribution in [-0.2, 0) is 9.59 Å². The van der Waals surface area contributed by atoms with Gasteiger partial charge in [0.2, 0.25) is 11.8 Å². The van der Waals surface area contributed by atoms with Gasteiger partial charge in [0, 0.05) is 24.2 Å². The van der Waals surface area contributed by atoms with E-state index in [1.54, 1.807) is 12.1 Å². The highest BCUT2D eigenvalue weighted by Crippen LogP contribution is 2.33. The number of piperidine rings is 1. The first-order valence-electron chi connectivity index (χ1n) is 7.97. The summed E-state index contributed by atoms with van der Waals surface area (Å²) in [5, 5.41) is 8.35. The summed E-state index contributed by atoms with van der Waals surface area (Å²) in [6.45, 7) is 1.44. The van der Waals surface area contributed by atoms with Gasteiger partial charge >= 0.3 is 0 Å². The Morgan fingerprint density at radius 3 is 2.71 bits per heavy atom. The first kappa shape index (κ1) is 16.6. The van der Waals surface area contributed by atoms with E-state index in [-0.39, 0.29) is 17.9 Å². The second-order valence-corrected chi connectivity index (χ2v) is 5.93. The standard InChI is InChI=1S/C17H19F2N3O2/c18-16(19)13-9-11(21-14-3-4-15(23)22-17(14)24)1-2-12(13)10-5-7-20-8-6-10/h1-2,5,9,14,16,20-21H,3-4,6-8H2,(H,22,23,24). The number of carbonyl (C=O) groups is 2. The van der Waals surface area contributed by atoms with E-state index in [4.69, 9.17) is 0 Å². The third kappa shape index (κ3) is 3.62. The number of nitrogens with one attached hydrogen (secondary N) is 3.